The smallest absolute Gasteiger partial charge is 0.338 e. The molecule has 8 heteroatoms. The number of aryl methyl sites for hydroxylation is 1. The molecule has 0 spiro atoms. The number of esters is 1. The van der Waals surface area contributed by atoms with Crippen LogP contribution >= 0.6 is 0 Å². The van der Waals surface area contributed by atoms with Crippen molar-refractivity contribution in [3.63, 3.8) is 0 Å². The van der Waals surface area contributed by atoms with E-state index >= 15 is 0 Å². The van der Waals surface area contributed by atoms with Gasteiger partial charge in [0.05, 0.1) is 16.2 Å². The fourth-order valence-corrected chi connectivity index (χ4v) is 5.10. The zero-order valence-electron chi connectivity index (χ0n) is 16.2. The number of carbonyl (C=O) groups excluding carboxylic acids is 1. The molecule has 2 aromatic heterocycles. The first-order valence-electron chi connectivity index (χ1n) is 9.66. The summed E-state index contributed by atoms with van der Waals surface area (Å²) < 4.78 is 34.4. The first-order valence-corrected chi connectivity index (χ1v) is 11.1. The van der Waals surface area contributed by atoms with Gasteiger partial charge in [0.15, 0.2) is 0 Å². The highest BCUT2D eigenvalue weighted by Gasteiger charge is 2.26. The molecule has 152 valence electrons. The highest BCUT2D eigenvalue weighted by molar-refractivity contribution is 7.89. The third-order valence-corrected chi connectivity index (χ3v) is 7.00. The fourth-order valence-electron chi connectivity index (χ4n) is 3.53. The number of hydrogen-bond donors (Lipinski definition) is 0. The molecule has 0 aliphatic carbocycles. The van der Waals surface area contributed by atoms with Crippen molar-refractivity contribution in [2.75, 3.05) is 13.1 Å². The lowest BCUT2D eigenvalue weighted by atomic mass is 10.2. The Morgan fingerprint density at radius 3 is 2.69 bits per heavy atom. The number of fused-ring (bicyclic) bond motifs is 1. The van der Waals surface area contributed by atoms with Crippen LogP contribution in [0.5, 0.6) is 0 Å². The molecule has 1 aliphatic rings. The van der Waals surface area contributed by atoms with Crippen LogP contribution in [0.25, 0.3) is 5.65 Å². The number of rotatable bonds is 5. The molecule has 3 heterocycles. The minimum atomic E-state index is -3.60. The zero-order valence-corrected chi connectivity index (χ0v) is 17.1. The van der Waals surface area contributed by atoms with Crippen LogP contribution in [0.3, 0.4) is 0 Å². The third kappa shape index (κ3) is 4.04. The Morgan fingerprint density at radius 1 is 1.14 bits per heavy atom. The lowest BCUT2D eigenvalue weighted by Gasteiger charge is -2.25. The summed E-state index contributed by atoms with van der Waals surface area (Å²) >= 11 is 0. The van der Waals surface area contributed by atoms with Gasteiger partial charge in [0.1, 0.15) is 12.3 Å². The Morgan fingerprint density at radius 2 is 1.93 bits per heavy atom. The Hall–Kier alpha value is -2.71. The first kappa shape index (κ1) is 19.6. The summed E-state index contributed by atoms with van der Waals surface area (Å²) in [5, 5.41) is 0. The number of nitrogens with zero attached hydrogens (tertiary/aromatic N) is 3. The number of aromatic nitrogens is 2. The van der Waals surface area contributed by atoms with Crippen LogP contribution in [-0.4, -0.2) is 41.2 Å². The maximum Gasteiger partial charge on any atom is 0.338 e. The maximum atomic E-state index is 12.8. The number of carbonyl (C=O) groups is 1. The summed E-state index contributed by atoms with van der Waals surface area (Å²) in [6.45, 7) is 3.02. The van der Waals surface area contributed by atoms with Crippen molar-refractivity contribution in [1.29, 1.82) is 0 Å². The molecular formula is C21H23N3O4S. The van der Waals surface area contributed by atoms with Crippen molar-refractivity contribution in [3.05, 3.63) is 65.6 Å². The van der Waals surface area contributed by atoms with Crippen LogP contribution in [0.2, 0.25) is 0 Å². The molecule has 0 saturated carbocycles. The van der Waals surface area contributed by atoms with Gasteiger partial charge in [-0.05, 0) is 49.6 Å². The van der Waals surface area contributed by atoms with Gasteiger partial charge in [0.25, 0.3) is 0 Å². The van der Waals surface area contributed by atoms with E-state index in [0.717, 1.165) is 30.5 Å². The largest absolute Gasteiger partial charge is 0.456 e. The molecule has 1 aromatic carbocycles. The molecule has 4 rings (SSSR count). The Balaban J connectivity index is 1.48. The van der Waals surface area contributed by atoms with Gasteiger partial charge in [0, 0.05) is 25.5 Å². The monoisotopic (exact) mass is 413 g/mol. The van der Waals surface area contributed by atoms with Gasteiger partial charge < -0.3 is 9.14 Å². The number of pyridine rings is 1. The predicted octanol–water partition coefficient (Wildman–Crippen LogP) is 3.17. The molecule has 3 aromatic rings. The van der Waals surface area contributed by atoms with E-state index in [-0.39, 0.29) is 17.1 Å². The van der Waals surface area contributed by atoms with Crippen molar-refractivity contribution in [2.45, 2.75) is 37.7 Å². The Bertz CT molecular complexity index is 1150. The SMILES string of the molecule is Cc1cccn2cc(COC(=O)c3cccc(S(=O)(=O)N4CCCCC4)c3)nc12. The predicted molar refractivity (Wildman–Crippen MR) is 108 cm³/mol. The van der Waals surface area contributed by atoms with Crippen LogP contribution in [0.15, 0.2) is 53.7 Å². The van der Waals surface area contributed by atoms with Gasteiger partial charge in [-0.25, -0.2) is 18.2 Å². The molecule has 0 N–H and O–H groups in total. The molecule has 7 nitrogen and oxygen atoms in total. The van der Waals surface area contributed by atoms with Crippen LogP contribution in [0.1, 0.15) is 40.9 Å². The lowest BCUT2D eigenvalue weighted by Crippen LogP contribution is -2.35. The maximum absolute atomic E-state index is 12.8. The molecular weight excluding hydrogens is 390 g/mol. The second kappa shape index (κ2) is 7.96. The van der Waals surface area contributed by atoms with Crippen LogP contribution in [0.4, 0.5) is 0 Å². The quantitative estimate of drug-likeness (QED) is 0.600. The number of imidazole rings is 1. The minimum Gasteiger partial charge on any atom is -0.456 e. The molecule has 1 saturated heterocycles. The van der Waals surface area contributed by atoms with Gasteiger partial charge in [-0.1, -0.05) is 18.6 Å². The van der Waals surface area contributed by atoms with E-state index in [0.29, 0.717) is 18.8 Å². The number of sulfonamides is 1. The van der Waals surface area contributed by atoms with E-state index in [1.807, 2.05) is 35.9 Å². The molecule has 29 heavy (non-hydrogen) atoms. The van der Waals surface area contributed by atoms with Gasteiger partial charge >= 0.3 is 5.97 Å². The van der Waals surface area contributed by atoms with Gasteiger partial charge in [0.2, 0.25) is 10.0 Å². The summed E-state index contributed by atoms with van der Waals surface area (Å²) in [6.07, 6.45) is 6.46. The van der Waals surface area contributed by atoms with Crippen molar-refractivity contribution in [2.24, 2.45) is 0 Å². The van der Waals surface area contributed by atoms with Gasteiger partial charge in [-0.15, -0.1) is 0 Å². The number of ether oxygens (including phenoxy) is 1. The average Bonchev–Trinajstić information content (AvgIpc) is 3.17. The van der Waals surface area contributed by atoms with E-state index in [2.05, 4.69) is 4.98 Å². The topological polar surface area (TPSA) is 81.0 Å². The van der Waals surface area contributed by atoms with Crippen molar-refractivity contribution >= 4 is 21.6 Å². The standard InChI is InChI=1S/C21H23N3O4S/c1-16-7-6-10-23-14-18(22-20(16)23)15-28-21(25)17-8-5-9-19(13-17)29(26,27)24-11-3-2-4-12-24/h5-10,13-14H,2-4,11-12,15H2,1H3. The zero-order chi connectivity index (χ0) is 20.4. The van der Waals surface area contributed by atoms with E-state index in [9.17, 15) is 13.2 Å². The molecule has 0 radical (unpaired) electrons. The normalized spacial score (nSPS) is 15.5. The van der Waals surface area contributed by atoms with Crippen LogP contribution < -0.4 is 0 Å². The summed E-state index contributed by atoms with van der Waals surface area (Å²) in [6, 6.07) is 9.93. The highest BCUT2D eigenvalue weighted by Crippen LogP contribution is 2.22. The third-order valence-electron chi connectivity index (χ3n) is 5.10. The van der Waals surface area contributed by atoms with Gasteiger partial charge in [-0.3, -0.25) is 0 Å². The summed E-state index contributed by atoms with van der Waals surface area (Å²) in [7, 11) is -3.60. The fraction of sp³-hybridized carbons (Fsp3) is 0.333. The molecule has 0 unspecified atom stereocenters. The molecule has 0 bridgehead atoms. The van der Waals surface area contributed by atoms with Crippen LogP contribution in [0, 0.1) is 6.92 Å². The minimum absolute atomic E-state index is 0.0169. The van der Waals surface area contributed by atoms with E-state index in [1.165, 1.54) is 16.4 Å². The molecule has 0 atom stereocenters. The summed E-state index contributed by atoms with van der Waals surface area (Å²) in [5.74, 6) is -0.575. The number of benzene rings is 1. The van der Waals surface area contributed by atoms with Crippen LogP contribution in [-0.2, 0) is 21.4 Å². The molecule has 1 fully saturated rings. The van der Waals surface area contributed by atoms with Crippen molar-refractivity contribution in [1.82, 2.24) is 13.7 Å². The van der Waals surface area contributed by atoms with E-state index < -0.39 is 16.0 Å². The lowest BCUT2D eigenvalue weighted by molar-refractivity contribution is 0.0468. The van der Waals surface area contributed by atoms with E-state index in [1.54, 1.807) is 12.1 Å². The average molecular weight is 413 g/mol. The highest BCUT2D eigenvalue weighted by atomic mass is 32.2. The van der Waals surface area contributed by atoms with Crippen molar-refractivity contribution < 1.29 is 17.9 Å². The number of hydrogen-bond acceptors (Lipinski definition) is 5. The Labute approximate surface area is 170 Å². The summed E-state index contributed by atoms with van der Waals surface area (Å²) in [4.78, 5) is 17.1. The first-order chi connectivity index (χ1) is 13.9. The molecule has 0 amide bonds. The summed E-state index contributed by atoms with van der Waals surface area (Å²) in [5.41, 5.74) is 2.68. The number of piperidine rings is 1. The van der Waals surface area contributed by atoms with E-state index in [4.69, 9.17) is 4.74 Å². The second-order valence-electron chi connectivity index (χ2n) is 7.22. The van der Waals surface area contributed by atoms with Crippen molar-refractivity contribution in [3.8, 4) is 0 Å². The Kier molecular flexibility index (Phi) is 5.38. The molecule has 1 aliphatic heterocycles. The van der Waals surface area contributed by atoms with Gasteiger partial charge in [-0.2, -0.15) is 4.31 Å². The second-order valence-corrected chi connectivity index (χ2v) is 9.16.